The van der Waals surface area contributed by atoms with Crippen LogP contribution in [-0.2, 0) is 0 Å². The molecule has 2 aliphatic carbocycles. The molecule has 0 spiro atoms. The molecule has 0 aromatic carbocycles. The van der Waals surface area contributed by atoms with E-state index in [1.807, 2.05) is 0 Å². The van der Waals surface area contributed by atoms with Crippen molar-refractivity contribution >= 4 is 0 Å². The summed E-state index contributed by atoms with van der Waals surface area (Å²) in [6.45, 7) is 6.07. The fourth-order valence-corrected chi connectivity index (χ4v) is 4.28. The predicted octanol–water partition coefficient (Wildman–Crippen LogP) is 4.20. The van der Waals surface area contributed by atoms with E-state index in [2.05, 4.69) is 31.1 Å². The van der Waals surface area contributed by atoms with E-state index in [-0.39, 0.29) is 0 Å². The second-order valence-corrected chi connectivity index (χ2v) is 7.46. The van der Waals surface area contributed by atoms with E-state index in [9.17, 15) is 0 Å². The third-order valence-electron chi connectivity index (χ3n) is 5.53. The van der Waals surface area contributed by atoms with Crippen LogP contribution in [0.15, 0.2) is 0 Å². The Kier molecular flexibility index (Phi) is 6.83. The van der Waals surface area contributed by atoms with Crippen molar-refractivity contribution in [2.24, 2.45) is 5.92 Å². The van der Waals surface area contributed by atoms with Crippen LogP contribution < -0.4 is 5.32 Å². The van der Waals surface area contributed by atoms with E-state index in [4.69, 9.17) is 0 Å². The lowest BCUT2D eigenvalue weighted by Gasteiger charge is -2.40. The zero-order valence-corrected chi connectivity index (χ0v) is 14.0. The molecule has 0 heterocycles. The van der Waals surface area contributed by atoms with Crippen molar-refractivity contribution in [2.75, 3.05) is 13.6 Å². The molecule has 0 aromatic heterocycles. The molecule has 2 heteroatoms. The van der Waals surface area contributed by atoms with Gasteiger partial charge >= 0.3 is 0 Å². The first-order valence-electron chi connectivity index (χ1n) is 9.15. The maximum Gasteiger partial charge on any atom is 0.0252 e. The normalized spacial score (nSPS) is 29.2. The van der Waals surface area contributed by atoms with Crippen molar-refractivity contribution in [1.82, 2.24) is 10.2 Å². The molecule has 20 heavy (non-hydrogen) atoms. The lowest BCUT2D eigenvalue weighted by atomic mass is 9.97. The van der Waals surface area contributed by atoms with Crippen molar-refractivity contribution < 1.29 is 0 Å². The fourth-order valence-electron chi connectivity index (χ4n) is 4.28. The van der Waals surface area contributed by atoms with Gasteiger partial charge in [0.1, 0.15) is 0 Å². The van der Waals surface area contributed by atoms with Crippen LogP contribution in [0.3, 0.4) is 0 Å². The van der Waals surface area contributed by atoms with E-state index in [0.717, 1.165) is 24.0 Å². The Morgan fingerprint density at radius 3 is 2.25 bits per heavy atom. The first-order chi connectivity index (χ1) is 9.72. The SMILES string of the molecule is CNC1CCCCCC1N(CCC(C)C)C1CCCC1. The highest BCUT2D eigenvalue weighted by Crippen LogP contribution is 2.31. The first kappa shape index (κ1) is 16.3. The summed E-state index contributed by atoms with van der Waals surface area (Å²) < 4.78 is 0. The molecule has 0 aromatic rings. The van der Waals surface area contributed by atoms with Gasteiger partial charge in [-0.25, -0.2) is 0 Å². The maximum atomic E-state index is 3.64. The number of hydrogen-bond acceptors (Lipinski definition) is 2. The summed E-state index contributed by atoms with van der Waals surface area (Å²) in [7, 11) is 2.18. The predicted molar refractivity (Wildman–Crippen MR) is 88.1 cm³/mol. The molecule has 1 N–H and O–H groups in total. The number of likely N-dealkylation sites (N-methyl/N-ethyl adjacent to an activating group) is 1. The lowest BCUT2D eigenvalue weighted by molar-refractivity contribution is 0.0958. The summed E-state index contributed by atoms with van der Waals surface area (Å²) in [6.07, 6.45) is 14.3. The van der Waals surface area contributed by atoms with Crippen LogP contribution in [0.4, 0.5) is 0 Å². The molecule has 118 valence electrons. The maximum absolute atomic E-state index is 3.64. The summed E-state index contributed by atoms with van der Waals surface area (Å²) in [5.74, 6) is 0.831. The highest BCUT2D eigenvalue weighted by atomic mass is 15.2. The van der Waals surface area contributed by atoms with Crippen LogP contribution in [-0.4, -0.2) is 36.6 Å². The Hall–Kier alpha value is -0.0800. The van der Waals surface area contributed by atoms with E-state index >= 15 is 0 Å². The van der Waals surface area contributed by atoms with E-state index in [1.165, 1.54) is 70.8 Å². The van der Waals surface area contributed by atoms with E-state index in [0.29, 0.717) is 0 Å². The Balaban J connectivity index is 2.05. The Morgan fingerprint density at radius 2 is 1.60 bits per heavy atom. The Labute approximate surface area is 126 Å². The van der Waals surface area contributed by atoms with Crippen molar-refractivity contribution in [3.05, 3.63) is 0 Å². The van der Waals surface area contributed by atoms with Gasteiger partial charge < -0.3 is 5.32 Å². The molecule has 0 radical (unpaired) electrons. The minimum Gasteiger partial charge on any atom is -0.315 e. The van der Waals surface area contributed by atoms with Gasteiger partial charge in [0.05, 0.1) is 0 Å². The second kappa shape index (κ2) is 8.38. The molecule has 0 saturated heterocycles. The van der Waals surface area contributed by atoms with Gasteiger partial charge in [0.25, 0.3) is 0 Å². The minimum absolute atomic E-state index is 0.727. The van der Waals surface area contributed by atoms with E-state index in [1.54, 1.807) is 0 Å². The highest BCUT2D eigenvalue weighted by Gasteiger charge is 2.33. The quantitative estimate of drug-likeness (QED) is 0.734. The van der Waals surface area contributed by atoms with Crippen molar-refractivity contribution in [2.45, 2.75) is 96.2 Å². The molecular formula is C18H36N2. The van der Waals surface area contributed by atoms with Gasteiger partial charge in [-0.2, -0.15) is 0 Å². The summed E-state index contributed by atoms with van der Waals surface area (Å²) in [6, 6.07) is 2.40. The van der Waals surface area contributed by atoms with Gasteiger partial charge in [0.15, 0.2) is 0 Å². The smallest absolute Gasteiger partial charge is 0.0252 e. The fraction of sp³-hybridized carbons (Fsp3) is 1.00. The average molecular weight is 280 g/mol. The van der Waals surface area contributed by atoms with Crippen molar-refractivity contribution in [1.29, 1.82) is 0 Å². The monoisotopic (exact) mass is 280 g/mol. The molecule has 2 nitrogen and oxygen atoms in total. The van der Waals surface area contributed by atoms with Gasteiger partial charge in [0.2, 0.25) is 0 Å². The van der Waals surface area contributed by atoms with Crippen LogP contribution in [0.1, 0.15) is 78.1 Å². The molecule has 2 unspecified atom stereocenters. The van der Waals surface area contributed by atoms with Crippen LogP contribution in [0, 0.1) is 5.92 Å². The zero-order valence-electron chi connectivity index (χ0n) is 14.0. The van der Waals surface area contributed by atoms with Gasteiger partial charge in [-0.1, -0.05) is 46.0 Å². The first-order valence-corrected chi connectivity index (χ1v) is 9.15. The minimum atomic E-state index is 0.727. The van der Waals surface area contributed by atoms with E-state index < -0.39 is 0 Å². The standard InChI is InChI=1S/C18H36N2/c1-15(2)13-14-20(16-9-7-8-10-16)18-12-6-4-5-11-17(18)19-3/h15-19H,4-14H2,1-3H3. The largest absolute Gasteiger partial charge is 0.315 e. The van der Waals surface area contributed by atoms with Gasteiger partial charge in [-0.3, -0.25) is 4.90 Å². The molecule has 2 fully saturated rings. The average Bonchev–Trinajstić information content (AvgIpc) is 2.85. The molecule has 0 bridgehead atoms. The third-order valence-corrected chi connectivity index (χ3v) is 5.53. The van der Waals surface area contributed by atoms with Crippen molar-refractivity contribution in [3.8, 4) is 0 Å². The molecule has 0 aliphatic heterocycles. The molecule has 0 amide bonds. The molecule has 2 aliphatic rings. The number of nitrogens with zero attached hydrogens (tertiary/aromatic N) is 1. The third kappa shape index (κ3) is 4.46. The van der Waals surface area contributed by atoms with Gasteiger partial charge in [0, 0.05) is 18.1 Å². The molecule has 2 saturated carbocycles. The summed E-state index contributed by atoms with van der Waals surface area (Å²) in [4.78, 5) is 2.93. The molecule has 2 rings (SSSR count). The second-order valence-electron chi connectivity index (χ2n) is 7.46. The Morgan fingerprint density at radius 1 is 0.950 bits per heavy atom. The van der Waals surface area contributed by atoms with Crippen molar-refractivity contribution in [3.63, 3.8) is 0 Å². The van der Waals surface area contributed by atoms with Gasteiger partial charge in [-0.05, 0) is 51.6 Å². The number of nitrogens with one attached hydrogen (secondary N) is 1. The highest BCUT2D eigenvalue weighted by molar-refractivity contribution is 4.91. The Bertz CT molecular complexity index is 258. The van der Waals surface area contributed by atoms with Crippen LogP contribution in [0.2, 0.25) is 0 Å². The topological polar surface area (TPSA) is 15.3 Å². The summed E-state index contributed by atoms with van der Waals surface area (Å²) in [5, 5.41) is 3.64. The summed E-state index contributed by atoms with van der Waals surface area (Å²) >= 11 is 0. The van der Waals surface area contributed by atoms with Crippen LogP contribution in [0.25, 0.3) is 0 Å². The molecular weight excluding hydrogens is 244 g/mol. The van der Waals surface area contributed by atoms with Crippen LogP contribution >= 0.6 is 0 Å². The van der Waals surface area contributed by atoms with Gasteiger partial charge in [-0.15, -0.1) is 0 Å². The summed E-state index contributed by atoms with van der Waals surface area (Å²) in [5.41, 5.74) is 0. The number of rotatable bonds is 6. The number of hydrogen-bond donors (Lipinski definition) is 1. The lowest BCUT2D eigenvalue weighted by Crippen LogP contribution is -2.52. The molecule has 2 atom stereocenters. The zero-order chi connectivity index (χ0) is 14.4. The van der Waals surface area contributed by atoms with Crippen LogP contribution in [0.5, 0.6) is 0 Å².